The van der Waals surface area contributed by atoms with Crippen LogP contribution in [0.1, 0.15) is 11.4 Å². The molecular weight excluding hydrogens is 434 g/mol. The molecule has 2 aromatic carbocycles. The molecule has 1 unspecified atom stereocenters. The Morgan fingerprint density at radius 1 is 1.03 bits per heavy atom. The summed E-state index contributed by atoms with van der Waals surface area (Å²) in [7, 11) is 3.74. The van der Waals surface area contributed by atoms with Crippen LogP contribution in [0.25, 0.3) is 11.1 Å². The maximum absolute atomic E-state index is 12.8. The molecule has 2 heterocycles. The topological polar surface area (TPSA) is 64.8 Å². The number of para-hydroxylation sites is 1. The lowest BCUT2D eigenvalue weighted by Crippen LogP contribution is -2.49. The molecule has 1 saturated heterocycles. The highest BCUT2D eigenvalue weighted by atomic mass is 32.2. The first kappa shape index (κ1) is 23.4. The van der Waals surface area contributed by atoms with Crippen LogP contribution in [0.4, 0.5) is 5.69 Å². The van der Waals surface area contributed by atoms with Gasteiger partial charge in [-0.25, -0.2) is 0 Å². The molecule has 0 bridgehead atoms. The van der Waals surface area contributed by atoms with Crippen molar-refractivity contribution in [1.29, 1.82) is 0 Å². The van der Waals surface area contributed by atoms with Crippen molar-refractivity contribution < 1.29 is 9.35 Å². The van der Waals surface area contributed by atoms with Crippen molar-refractivity contribution in [2.45, 2.75) is 25.3 Å². The molecule has 4 rings (SSSR count). The summed E-state index contributed by atoms with van der Waals surface area (Å²) in [5.41, 5.74) is 5.40. The zero-order valence-corrected chi connectivity index (χ0v) is 20.5. The monoisotopic (exact) mass is 466 g/mol. The lowest BCUT2D eigenvalue weighted by atomic mass is 10.0. The molecule has 1 fully saturated rings. The van der Waals surface area contributed by atoms with Gasteiger partial charge in [-0.3, -0.25) is 9.48 Å². The molecule has 1 atom stereocenters. The maximum Gasteiger partial charge on any atom is 0.277 e. The van der Waals surface area contributed by atoms with E-state index >= 15 is 0 Å². The van der Waals surface area contributed by atoms with Gasteiger partial charge in [0.1, 0.15) is 6.54 Å². The number of anilines is 1. The minimum atomic E-state index is -0.904. The maximum atomic E-state index is 12.8. The van der Waals surface area contributed by atoms with Gasteiger partial charge < -0.3 is 9.80 Å². The minimum Gasteiger partial charge on any atom is -0.367 e. The van der Waals surface area contributed by atoms with E-state index in [-0.39, 0.29) is 5.91 Å². The smallest absolute Gasteiger partial charge is 0.277 e. The second-order valence-electron chi connectivity index (χ2n) is 8.57. The number of piperazine rings is 1. The molecule has 0 radical (unpaired) electrons. The summed E-state index contributed by atoms with van der Waals surface area (Å²) in [6.45, 7) is 7.20. The minimum absolute atomic E-state index is 0.116. The van der Waals surface area contributed by atoms with Crippen LogP contribution in [0.2, 0.25) is 0 Å². The number of aryl methyl sites for hydroxylation is 2. The zero-order valence-electron chi connectivity index (χ0n) is 19.7. The third-order valence-electron chi connectivity index (χ3n) is 5.99. The van der Waals surface area contributed by atoms with Crippen molar-refractivity contribution in [2.75, 3.05) is 45.2 Å². The summed E-state index contributed by atoms with van der Waals surface area (Å²) < 4.78 is 13.9. The fourth-order valence-corrected chi connectivity index (χ4v) is 5.02. The molecule has 8 heteroatoms. The number of carbonyl (C=O) groups is 1. The van der Waals surface area contributed by atoms with Crippen molar-refractivity contribution in [3.05, 3.63) is 66.0 Å². The van der Waals surface area contributed by atoms with E-state index in [0.29, 0.717) is 19.6 Å². The Kier molecular flexibility index (Phi) is 7.07. The largest absolute Gasteiger partial charge is 0.367 e. The highest BCUT2D eigenvalue weighted by Gasteiger charge is 2.25. The van der Waals surface area contributed by atoms with Crippen LogP contribution in [0.15, 0.2) is 59.5 Å². The normalized spacial score (nSPS) is 15.2. The highest BCUT2D eigenvalue weighted by molar-refractivity contribution is 7.89. The van der Waals surface area contributed by atoms with E-state index in [9.17, 15) is 9.35 Å². The number of aromatic nitrogens is 2. The van der Waals surface area contributed by atoms with Gasteiger partial charge in [-0.2, -0.15) is 9.65 Å². The SMILES string of the molecule is Cc1cc(C)n(CC(=O)N2CCN(c3ccccc3-c3ccc([S+](O)N(C)C)cc3)CC2)n1. The molecule has 0 aliphatic carbocycles. The Morgan fingerprint density at radius 2 is 1.70 bits per heavy atom. The molecule has 33 heavy (non-hydrogen) atoms. The van der Waals surface area contributed by atoms with Gasteiger partial charge in [0.2, 0.25) is 10.8 Å². The Bertz CT molecular complexity index is 1100. The molecule has 174 valence electrons. The van der Waals surface area contributed by atoms with E-state index in [1.165, 1.54) is 5.69 Å². The first-order chi connectivity index (χ1) is 15.8. The summed E-state index contributed by atoms with van der Waals surface area (Å²) in [6.07, 6.45) is 0. The standard InChI is InChI=1S/C25H32N5O2S/c1-19-17-20(2)30(26-19)18-25(31)29-15-13-28(14-16-29)24-8-6-5-7-23(24)21-9-11-22(12-10-21)33(32)27(3)4/h5-12,17,32H,13-16,18H2,1-4H3/q+1. The zero-order chi connectivity index (χ0) is 23.5. The lowest BCUT2D eigenvalue weighted by Gasteiger charge is -2.37. The van der Waals surface area contributed by atoms with Crippen molar-refractivity contribution >= 4 is 23.0 Å². The lowest BCUT2D eigenvalue weighted by molar-refractivity contribution is -0.132. The quantitative estimate of drug-likeness (QED) is 0.564. The van der Waals surface area contributed by atoms with Crippen LogP contribution in [0.3, 0.4) is 0 Å². The summed E-state index contributed by atoms with van der Waals surface area (Å²) in [6, 6.07) is 18.5. The van der Waals surface area contributed by atoms with Crippen LogP contribution in [-0.4, -0.2) is 69.7 Å². The van der Waals surface area contributed by atoms with Crippen LogP contribution >= 0.6 is 0 Å². The van der Waals surface area contributed by atoms with Crippen LogP contribution in [0.5, 0.6) is 0 Å². The van der Waals surface area contributed by atoms with E-state index in [2.05, 4.69) is 46.4 Å². The molecule has 0 saturated carbocycles. The molecule has 1 amide bonds. The average Bonchev–Trinajstić information content (AvgIpc) is 3.15. The second-order valence-corrected chi connectivity index (χ2v) is 10.3. The molecule has 1 aromatic heterocycles. The number of carbonyl (C=O) groups excluding carboxylic acids is 1. The predicted octanol–water partition coefficient (Wildman–Crippen LogP) is 3.44. The fraction of sp³-hybridized carbons (Fsp3) is 0.360. The van der Waals surface area contributed by atoms with Gasteiger partial charge in [-0.05, 0) is 55.8 Å². The summed E-state index contributed by atoms with van der Waals surface area (Å²) in [5.74, 6) is 0.116. The molecule has 3 aromatic rings. The van der Waals surface area contributed by atoms with E-state index in [1.807, 2.05) is 51.0 Å². The number of nitrogens with zero attached hydrogens (tertiary/aromatic N) is 5. The number of benzene rings is 2. The second kappa shape index (κ2) is 9.99. The van der Waals surface area contributed by atoms with Crippen molar-refractivity contribution in [3.63, 3.8) is 0 Å². The van der Waals surface area contributed by atoms with Gasteiger partial charge in [0.15, 0.2) is 0 Å². The average molecular weight is 467 g/mol. The van der Waals surface area contributed by atoms with Gasteiger partial charge in [-0.15, -0.1) is 0 Å². The molecule has 1 aliphatic heterocycles. The number of amides is 1. The molecule has 1 N–H and O–H groups in total. The number of hydrogen-bond acceptors (Lipinski definition) is 5. The van der Waals surface area contributed by atoms with E-state index in [0.717, 1.165) is 40.5 Å². The third kappa shape index (κ3) is 5.24. The van der Waals surface area contributed by atoms with Crippen molar-refractivity contribution in [3.8, 4) is 11.1 Å². The van der Waals surface area contributed by atoms with Gasteiger partial charge in [0.05, 0.1) is 5.69 Å². The van der Waals surface area contributed by atoms with Crippen LogP contribution in [-0.2, 0) is 22.7 Å². The number of rotatable bonds is 6. The Morgan fingerprint density at radius 3 is 2.30 bits per heavy atom. The summed E-state index contributed by atoms with van der Waals surface area (Å²) >= 11 is -0.904. The van der Waals surface area contributed by atoms with Gasteiger partial charge in [0, 0.05) is 57.2 Å². The highest BCUT2D eigenvalue weighted by Crippen LogP contribution is 2.32. The van der Waals surface area contributed by atoms with E-state index in [4.69, 9.17) is 0 Å². The first-order valence-corrected chi connectivity index (χ1v) is 12.3. The van der Waals surface area contributed by atoms with Crippen molar-refractivity contribution in [2.24, 2.45) is 0 Å². The van der Waals surface area contributed by atoms with Gasteiger partial charge >= 0.3 is 0 Å². The Labute approximate surface area is 198 Å². The summed E-state index contributed by atoms with van der Waals surface area (Å²) in [4.78, 5) is 18.0. The molecule has 0 spiro atoms. The van der Waals surface area contributed by atoms with E-state index in [1.54, 1.807) is 8.99 Å². The molecular formula is C25H32N5O2S+. The van der Waals surface area contributed by atoms with Crippen LogP contribution < -0.4 is 4.90 Å². The van der Waals surface area contributed by atoms with Crippen LogP contribution in [0, 0.1) is 13.8 Å². The first-order valence-electron chi connectivity index (χ1n) is 11.2. The fourth-order valence-electron chi connectivity index (χ4n) is 4.22. The third-order valence-corrected chi connectivity index (χ3v) is 7.37. The Balaban J connectivity index is 1.44. The van der Waals surface area contributed by atoms with Crippen molar-refractivity contribution in [1.82, 2.24) is 19.0 Å². The number of hydrogen-bond donors (Lipinski definition) is 1. The van der Waals surface area contributed by atoms with Gasteiger partial charge in [0.25, 0.3) is 11.4 Å². The summed E-state index contributed by atoms with van der Waals surface area (Å²) in [5, 5.41) is 4.42. The predicted molar refractivity (Wildman–Crippen MR) is 134 cm³/mol. The Hall–Kier alpha value is -2.81. The molecule has 1 aliphatic rings. The molecule has 7 nitrogen and oxygen atoms in total. The van der Waals surface area contributed by atoms with E-state index < -0.39 is 11.4 Å². The van der Waals surface area contributed by atoms with Gasteiger partial charge in [-0.1, -0.05) is 22.5 Å².